The number of furan rings is 1. The van der Waals surface area contributed by atoms with Gasteiger partial charge in [0.25, 0.3) is 0 Å². The van der Waals surface area contributed by atoms with E-state index in [0.717, 1.165) is 5.52 Å². The van der Waals surface area contributed by atoms with E-state index < -0.39 is 0 Å². The molecule has 3 aromatic rings. The maximum Gasteiger partial charge on any atom is 0.230 e. The van der Waals surface area contributed by atoms with Crippen molar-refractivity contribution in [3.63, 3.8) is 0 Å². The maximum atomic E-state index is 12.4. The van der Waals surface area contributed by atoms with E-state index in [4.69, 9.17) is 9.68 Å². The Bertz CT molecular complexity index is 818. The molecule has 0 aliphatic carbocycles. The third-order valence-electron chi connectivity index (χ3n) is 3.04. The second kappa shape index (κ2) is 4.14. The molecule has 0 unspecified atom stereocenters. The minimum absolute atomic E-state index is 0.220. The van der Waals surface area contributed by atoms with Crippen LogP contribution in [-0.4, -0.2) is 10.8 Å². The first-order valence-electron chi connectivity index (χ1n) is 5.82. The predicted molar refractivity (Wildman–Crippen MR) is 69.9 cm³/mol. The van der Waals surface area contributed by atoms with E-state index in [0.29, 0.717) is 22.3 Å². The Morgan fingerprint density at radius 1 is 1.32 bits per heavy atom. The number of fused-ring (bicyclic) bond motifs is 1. The Morgan fingerprint density at radius 2 is 2.16 bits per heavy atom. The van der Waals surface area contributed by atoms with Gasteiger partial charge >= 0.3 is 0 Å². The Kier molecular flexibility index (Phi) is 2.46. The molecule has 92 valence electrons. The van der Waals surface area contributed by atoms with Crippen molar-refractivity contribution in [3.05, 3.63) is 59.2 Å². The van der Waals surface area contributed by atoms with Crippen LogP contribution in [0.1, 0.15) is 27.4 Å². The van der Waals surface area contributed by atoms with E-state index in [1.54, 1.807) is 37.4 Å². The number of rotatable bonds is 2. The van der Waals surface area contributed by atoms with Crippen molar-refractivity contribution in [2.75, 3.05) is 0 Å². The van der Waals surface area contributed by atoms with Gasteiger partial charge in [-0.15, -0.1) is 0 Å². The zero-order valence-electron chi connectivity index (χ0n) is 10.2. The predicted octanol–water partition coefficient (Wildman–Crippen LogP) is 3.17. The minimum Gasteiger partial charge on any atom is -0.458 e. The Labute approximate surface area is 109 Å². The van der Waals surface area contributed by atoms with E-state index in [9.17, 15) is 4.79 Å². The number of aryl methyl sites for hydroxylation is 1. The normalized spacial score (nSPS) is 10.5. The molecule has 0 spiro atoms. The number of benzene rings is 1. The fourth-order valence-electron chi connectivity index (χ4n) is 2.15. The van der Waals surface area contributed by atoms with Crippen molar-refractivity contribution in [3.8, 4) is 6.07 Å². The lowest BCUT2D eigenvalue weighted by Crippen LogP contribution is -1.99. The molecule has 1 N–H and O–H groups in total. The molecule has 0 fully saturated rings. The summed E-state index contributed by atoms with van der Waals surface area (Å²) in [6, 6.07) is 10.8. The van der Waals surface area contributed by atoms with Crippen LogP contribution in [-0.2, 0) is 0 Å². The quantitative estimate of drug-likeness (QED) is 0.710. The Balaban J connectivity index is 2.21. The van der Waals surface area contributed by atoms with Gasteiger partial charge in [-0.05, 0) is 31.2 Å². The van der Waals surface area contributed by atoms with Crippen LogP contribution < -0.4 is 0 Å². The highest BCUT2D eigenvalue weighted by Crippen LogP contribution is 2.25. The number of aromatic nitrogens is 1. The average Bonchev–Trinajstić information content (AvgIpc) is 3.03. The lowest BCUT2D eigenvalue weighted by Gasteiger charge is -1.98. The van der Waals surface area contributed by atoms with E-state index in [1.807, 2.05) is 6.07 Å². The van der Waals surface area contributed by atoms with Crippen molar-refractivity contribution in [2.24, 2.45) is 0 Å². The van der Waals surface area contributed by atoms with E-state index in [-0.39, 0.29) is 11.5 Å². The second-order valence-electron chi connectivity index (χ2n) is 4.28. The molecule has 19 heavy (non-hydrogen) atoms. The van der Waals surface area contributed by atoms with E-state index in [1.165, 1.54) is 0 Å². The van der Waals surface area contributed by atoms with Crippen LogP contribution in [0.25, 0.3) is 10.9 Å². The van der Waals surface area contributed by atoms with Crippen molar-refractivity contribution in [1.29, 1.82) is 5.26 Å². The first kappa shape index (κ1) is 11.3. The number of ketones is 1. The van der Waals surface area contributed by atoms with Crippen molar-refractivity contribution in [2.45, 2.75) is 6.92 Å². The molecule has 3 rings (SSSR count). The minimum atomic E-state index is -0.220. The molecule has 2 aromatic heterocycles. The summed E-state index contributed by atoms with van der Waals surface area (Å²) in [4.78, 5) is 15.4. The summed E-state index contributed by atoms with van der Waals surface area (Å²) in [6.45, 7) is 1.78. The molecular formula is C15H10N2O2. The van der Waals surface area contributed by atoms with Gasteiger partial charge in [-0.3, -0.25) is 4.79 Å². The van der Waals surface area contributed by atoms with Crippen LogP contribution >= 0.6 is 0 Å². The summed E-state index contributed by atoms with van der Waals surface area (Å²) in [5.41, 5.74) is 1.71. The van der Waals surface area contributed by atoms with Gasteiger partial charge in [0.2, 0.25) is 5.78 Å². The molecular weight excluding hydrogens is 240 g/mol. The molecule has 0 radical (unpaired) electrons. The molecule has 0 aliphatic rings. The van der Waals surface area contributed by atoms with Gasteiger partial charge in [-0.2, -0.15) is 5.26 Å². The van der Waals surface area contributed by atoms with Crippen molar-refractivity contribution in [1.82, 2.24) is 4.98 Å². The summed E-state index contributed by atoms with van der Waals surface area (Å²) in [6.07, 6.45) is 1.62. The topological polar surface area (TPSA) is 69.8 Å². The summed E-state index contributed by atoms with van der Waals surface area (Å²) in [5.74, 6) is 0.747. The number of nitriles is 1. The largest absolute Gasteiger partial charge is 0.458 e. The highest BCUT2D eigenvalue weighted by Gasteiger charge is 2.19. The van der Waals surface area contributed by atoms with Crippen molar-refractivity contribution >= 4 is 16.7 Å². The van der Waals surface area contributed by atoms with Gasteiger partial charge in [0.1, 0.15) is 5.76 Å². The highest BCUT2D eigenvalue weighted by atomic mass is 16.3. The van der Waals surface area contributed by atoms with Crippen molar-refractivity contribution < 1.29 is 9.21 Å². The summed E-state index contributed by atoms with van der Waals surface area (Å²) >= 11 is 0. The lowest BCUT2D eigenvalue weighted by molar-refractivity contribution is 0.101. The first-order valence-corrected chi connectivity index (χ1v) is 5.82. The molecule has 2 heterocycles. The van der Waals surface area contributed by atoms with Crippen LogP contribution in [0.15, 0.2) is 40.9 Å². The number of hydrogen-bond acceptors (Lipinski definition) is 3. The summed E-state index contributed by atoms with van der Waals surface area (Å²) < 4.78 is 5.35. The summed E-state index contributed by atoms with van der Waals surface area (Å²) in [5, 5.41) is 9.78. The Hall–Kier alpha value is -2.80. The molecule has 1 aromatic carbocycles. The SMILES string of the molecule is Cc1ccc(C(=O)c2c[nH]c3cccc(C#N)c23)o1. The van der Waals surface area contributed by atoms with Gasteiger partial charge in [-0.1, -0.05) is 6.07 Å². The van der Waals surface area contributed by atoms with Crippen LogP contribution in [0.3, 0.4) is 0 Å². The fraction of sp³-hybridized carbons (Fsp3) is 0.0667. The van der Waals surface area contributed by atoms with Gasteiger partial charge in [0.15, 0.2) is 5.76 Å². The third-order valence-corrected chi connectivity index (χ3v) is 3.04. The second-order valence-corrected chi connectivity index (χ2v) is 4.28. The molecule has 4 heteroatoms. The zero-order valence-corrected chi connectivity index (χ0v) is 10.2. The number of nitrogens with one attached hydrogen (secondary N) is 1. The van der Waals surface area contributed by atoms with Crippen LogP contribution in [0.5, 0.6) is 0 Å². The zero-order chi connectivity index (χ0) is 13.4. The van der Waals surface area contributed by atoms with Gasteiger partial charge in [0.05, 0.1) is 17.2 Å². The van der Waals surface area contributed by atoms with Crippen LogP contribution in [0, 0.1) is 18.3 Å². The standard InChI is InChI=1S/C15H10N2O2/c1-9-5-6-13(19-9)15(18)11-8-17-12-4-2-3-10(7-16)14(11)12/h2-6,8,17H,1H3. The molecule has 0 aliphatic heterocycles. The monoisotopic (exact) mass is 250 g/mol. The number of hydrogen-bond donors (Lipinski definition) is 1. The van der Waals surface area contributed by atoms with E-state index >= 15 is 0 Å². The molecule has 0 saturated heterocycles. The first-order chi connectivity index (χ1) is 9.20. The van der Waals surface area contributed by atoms with Crippen LogP contribution in [0.4, 0.5) is 0 Å². The van der Waals surface area contributed by atoms with Crippen LogP contribution in [0.2, 0.25) is 0 Å². The average molecular weight is 250 g/mol. The number of nitrogens with zero attached hydrogens (tertiary/aromatic N) is 1. The lowest BCUT2D eigenvalue weighted by atomic mass is 10.0. The Morgan fingerprint density at radius 3 is 2.84 bits per heavy atom. The molecule has 0 saturated carbocycles. The third kappa shape index (κ3) is 1.72. The smallest absolute Gasteiger partial charge is 0.230 e. The van der Waals surface area contributed by atoms with Gasteiger partial charge in [0, 0.05) is 17.1 Å². The molecule has 0 bridgehead atoms. The molecule has 4 nitrogen and oxygen atoms in total. The maximum absolute atomic E-state index is 12.4. The number of carbonyl (C=O) groups is 1. The number of aromatic amines is 1. The fourth-order valence-corrected chi connectivity index (χ4v) is 2.15. The van der Waals surface area contributed by atoms with E-state index in [2.05, 4.69) is 11.1 Å². The van der Waals surface area contributed by atoms with Gasteiger partial charge < -0.3 is 9.40 Å². The molecule has 0 atom stereocenters. The van der Waals surface area contributed by atoms with Gasteiger partial charge in [-0.25, -0.2) is 0 Å². The summed E-state index contributed by atoms with van der Waals surface area (Å²) in [7, 11) is 0. The molecule has 0 amide bonds. The number of carbonyl (C=O) groups excluding carboxylic acids is 1. The number of H-pyrrole nitrogens is 1. The highest BCUT2D eigenvalue weighted by molar-refractivity contribution is 6.16.